The number of nitrogens with zero attached hydrogens (tertiary/aromatic N) is 4. The summed E-state index contributed by atoms with van der Waals surface area (Å²) >= 11 is 0. The van der Waals surface area contributed by atoms with Crippen molar-refractivity contribution in [2.24, 2.45) is 0 Å². The van der Waals surface area contributed by atoms with Crippen LogP contribution in [0.4, 0.5) is 0 Å². The van der Waals surface area contributed by atoms with Crippen molar-refractivity contribution in [2.75, 3.05) is 0 Å². The van der Waals surface area contributed by atoms with E-state index in [1.807, 2.05) is 72.8 Å². The van der Waals surface area contributed by atoms with Gasteiger partial charge in [0.15, 0.2) is 8.07 Å². The third-order valence-corrected chi connectivity index (χ3v) is 18.5. The van der Waals surface area contributed by atoms with Crippen LogP contribution < -0.4 is 20.7 Å². The van der Waals surface area contributed by atoms with E-state index in [1.54, 1.807) is 12.1 Å². The average molecular weight is 1080 g/mol. The number of benzene rings is 8. The minimum absolute atomic E-state index is 0.0263. The first-order chi connectivity index (χ1) is 38.1. The molecule has 0 fully saturated rings. The Hall–Kier alpha value is -8.94. The third-order valence-electron chi connectivity index (χ3n) is 13.7. The van der Waals surface area contributed by atoms with E-state index >= 15 is 0 Å². The van der Waals surface area contributed by atoms with Gasteiger partial charge in [-0.05, 0) is 124 Å². The molecule has 0 radical (unpaired) electrons. The number of terminal acetylenes is 2. The van der Waals surface area contributed by atoms with Gasteiger partial charge in [-0.2, -0.15) is 21.0 Å². The van der Waals surface area contributed by atoms with Crippen LogP contribution in [0.1, 0.15) is 165 Å². The van der Waals surface area contributed by atoms with Gasteiger partial charge < -0.3 is 0 Å². The number of rotatable bonds is 4. The summed E-state index contributed by atoms with van der Waals surface area (Å²) in [6, 6.07) is 77.8. The lowest BCUT2D eigenvalue weighted by molar-refractivity contribution is 0.587. The van der Waals surface area contributed by atoms with Crippen LogP contribution in [-0.2, 0) is 27.1 Å². The quantitative estimate of drug-likeness (QED) is 0.0996. The highest BCUT2D eigenvalue weighted by molar-refractivity contribution is 7.19. The number of nitriles is 4. The van der Waals surface area contributed by atoms with Crippen molar-refractivity contribution in [3.8, 4) is 49.0 Å². The lowest BCUT2D eigenvalue weighted by Gasteiger charge is -2.34. The molecule has 0 N–H and O–H groups in total. The minimum atomic E-state index is -2.38. The molecule has 0 aliphatic heterocycles. The molecule has 8 rings (SSSR count). The van der Waals surface area contributed by atoms with Gasteiger partial charge in [0.1, 0.15) is 0 Å². The fraction of sp³-hybridized carbons (Fsp3) is 0.263. The summed E-state index contributed by atoms with van der Waals surface area (Å²) in [6.07, 6.45) is 10.7. The van der Waals surface area contributed by atoms with Gasteiger partial charge in [0, 0.05) is 11.1 Å². The molecule has 0 unspecified atom stereocenters. The molecule has 0 saturated heterocycles. The zero-order valence-electron chi connectivity index (χ0n) is 50.5. The van der Waals surface area contributed by atoms with Crippen molar-refractivity contribution in [3.63, 3.8) is 0 Å². The highest BCUT2D eigenvalue weighted by Gasteiger charge is 2.41. The first-order valence-electron chi connectivity index (χ1n) is 27.4. The van der Waals surface area contributed by atoms with E-state index in [1.165, 1.54) is 31.9 Å². The van der Waals surface area contributed by atoms with E-state index in [2.05, 4.69) is 255 Å². The molecular weight excluding hydrogens is 997 g/mol. The summed E-state index contributed by atoms with van der Waals surface area (Å²) in [4.78, 5) is 0. The van der Waals surface area contributed by atoms with E-state index in [0.717, 1.165) is 38.9 Å². The molecule has 0 aromatic heterocycles. The first-order valence-corrected chi connectivity index (χ1v) is 29.4. The molecular formula is C76H80N4Si. The molecule has 0 aliphatic carbocycles. The Balaban J connectivity index is 0.000000232. The molecule has 8 aromatic carbocycles. The second-order valence-electron chi connectivity index (χ2n) is 25.1. The Labute approximate surface area is 488 Å². The monoisotopic (exact) mass is 1080 g/mol. The molecule has 0 atom stereocenters. The second-order valence-corrected chi connectivity index (χ2v) is 28.9. The molecule has 0 spiro atoms. The largest absolute Gasteiger partial charge is 0.192 e. The van der Waals surface area contributed by atoms with Gasteiger partial charge in [-0.1, -0.05) is 267 Å². The summed E-state index contributed by atoms with van der Waals surface area (Å²) < 4.78 is 0. The molecule has 0 heterocycles. The zero-order valence-corrected chi connectivity index (χ0v) is 51.5. The van der Waals surface area contributed by atoms with Gasteiger partial charge >= 0.3 is 0 Å². The second kappa shape index (κ2) is 28.3. The van der Waals surface area contributed by atoms with Gasteiger partial charge in [0.2, 0.25) is 0 Å². The molecule has 5 heteroatoms. The van der Waals surface area contributed by atoms with E-state index in [9.17, 15) is 0 Å². The smallest absolute Gasteiger partial charge is 0.179 e. The van der Waals surface area contributed by atoms with Crippen LogP contribution in [0.3, 0.4) is 0 Å². The standard InChI is InChI=1S/C28H28Si.2C13H13N.2C11H13N/c1-28(2,3)23-19-21-27(22-20-23)29(24-13-7-4-8-14-24,25-15-9-5-10-16-25)26-17-11-6-12-18-26;1-5-10-6-11(9-14)8-12(7-10)13(2,3)4;1-5-10-7-6-8-11(9-14)12(10)13(2,3)4;1-11(2,3)10-6-4-9(8-12)5-7-10;1-11(2,3)10-7-5-4-6-9(10)8-12/h4-22H,1-3H3;2*1,6-8H,2-4H3;2*4-7H,1-3H3. The summed E-state index contributed by atoms with van der Waals surface area (Å²) in [5.41, 5.74) is 10.5. The van der Waals surface area contributed by atoms with E-state index in [-0.39, 0.29) is 27.1 Å². The fourth-order valence-corrected chi connectivity index (χ4v) is 14.1. The van der Waals surface area contributed by atoms with Crippen LogP contribution in [0.15, 0.2) is 200 Å². The number of hydrogen-bond acceptors (Lipinski definition) is 4. The van der Waals surface area contributed by atoms with Gasteiger partial charge in [-0.3, -0.25) is 0 Å². The third kappa shape index (κ3) is 17.8. The van der Waals surface area contributed by atoms with Crippen LogP contribution in [-0.4, -0.2) is 8.07 Å². The summed E-state index contributed by atoms with van der Waals surface area (Å²) in [5.74, 6) is 5.19. The predicted molar refractivity (Wildman–Crippen MR) is 344 cm³/mol. The molecule has 8 aromatic rings. The Morgan fingerprint density at radius 1 is 0.296 bits per heavy atom. The lowest BCUT2D eigenvalue weighted by Crippen LogP contribution is -2.74. The molecule has 4 nitrogen and oxygen atoms in total. The van der Waals surface area contributed by atoms with Crippen molar-refractivity contribution in [2.45, 2.75) is 131 Å². The highest BCUT2D eigenvalue weighted by atomic mass is 28.3. The Bertz CT molecular complexity index is 3410. The topological polar surface area (TPSA) is 95.2 Å². The van der Waals surface area contributed by atoms with Gasteiger partial charge in [0.25, 0.3) is 0 Å². The van der Waals surface area contributed by atoms with Crippen LogP contribution in [0.25, 0.3) is 0 Å². The van der Waals surface area contributed by atoms with Crippen LogP contribution >= 0.6 is 0 Å². The van der Waals surface area contributed by atoms with Crippen molar-refractivity contribution in [3.05, 3.63) is 261 Å². The van der Waals surface area contributed by atoms with E-state index in [0.29, 0.717) is 11.1 Å². The number of hydrogen-bond donors (Lipinski definition) is 0. The lowest BCUT2D eigenvalue weighted by atomic mass is 9.81. The SMILES string of the molecule is C#Cc1cc(C#N)cc(C(C)(C)C)c1.C#Cc1cccc(C#N)c1C(C)(C)C.CC(C)(C)c1ccc(C#N)cc1.CC(C)(C)c1ccc([Si](c2ccccc2)(c2ccccc2)c2ccccc2)cc1.CC(C)(C)c1ccccc1C#N. The molecule has 0 amide bonds. The Kier molecular flexibility index (Phi) is 22.5. The maximum atomic E-state index is 8.98. The first kappa shape index (κ1) is 64.6. The maximum Gasteiger partial charge on any atom is 0.179 e. The van der Waals surface area contributed by atoms with E-state index in [4.69, 9.17) is 33.9 Å². The summed E-state index contributed by atoms with van der Waals surface area (Å²) in [6.45, 7) is 32.1. The molecule has 408 valence electrons. The zero-order chi connectivity index (χ0) is 60.2. The maximum absolute atomic E-state index is 8.98. The van der Waals surface area contributed by atoms with Crippen molar-refractivity contribution >= 4 is 28.8 Å². The molecule has 0 saturated carbocycles. The average Bonchev–Trinajstić information content (AvgIpc) is 3.66. The van der Waals surface area contributed by atoms with Crippen molar-refractivity contribution < 1.29 is 0 Å². The summed E-state index contributed by atoms with van der Waals surface area (Å²) in [5, 5.41) is 40.9. The molecule has 81 heavy (non-hydrogen) atoms. The van der Waals surface area contributed by atoms with E-state index < -0.39 is 8.07 Å². The highest BCUT2D eigenvalue weighted by Crippen LogP contribution is 2.30. The Morgan fingerprint density at radius 3 is 1.02 bits per heavy atom. The minimum Gasteiger partial charge on any atom is -0.192 e. The van der Waals surface area contributed by atoms with Crippen LogP contribution in [0.2, 0.25) is 0 Å². The predicted octanol–water partition coefficient (Wildman–Crippen LogP) is 15.7. The van der Waals surface area contributed by atoms with Crippen LogP contribution in [0.5, 0.6) is 0 Å². The van der Waals surface area contributed by atoms with Crippen molar-refractivity contribution in [1.29, 1.82) is 21.0 Å². The normalized spacial score (nSPS) is 11.1. The van der Waals surface area contributed by atoms with Crippen molar-refractivity contribution in [1.82, 2.24) is 0 Å². The van der Waals surface area contributed by atoms with Crippen LogP contribution in [0, 0.1) is 70.0 Å². The summed E-state index contributed by atoms with van der Waals surface area (Å²) in [7, 11) is -2.38. The Morgan fingerprint density at radius 2 is 0.667 bits per heavy atom. The van der Waals surface area contributed by atoms with Gasteiger partial charge in [-0.25, -0.2) is 0 Å². The molecule has 0 aliphatic rings. The molecule has 0 bridgehead atoms. The van der Waals surface area contributed by atoms with Gasteiger partial charge in [-0.15, -0.1) is 12.8 Å². The fourth-order valence-electron chi connectivity index (χ4n) is 9.35. The van der Waals surface area contributed by atoms with Gasteiger partial charge in [0.05, 0.1) is 46.5 Å².